The molecule has 8 heteroatoms. The van der Waals surface area contributed by atoms with Crippen LogP contribution in [0.25, 0.3) is 28.2 Å². The average Bonchev–Trinajstić information content (AvgIpc) is 3.35. The van der Waals surface area contributed by atoms with Gasteiger partial charge in [-0.3, -0.25) is 9.20 Å². The molecule has 2 fully saturated rings. The number of halogens is 1. The Hall–Kier alpha value is -3.78. The second-order valence-corrected chi connectivity index (χ2v) is 9.61. The van der Waals surface area contributed by atoms with Crippen molar-refractivity contribution >= 4 is 17.4 Å². The molecule has 2 aliphatic rings. The van der Waals surface area contributed by atoms with Gasteiger partial charge in [0, 0.05) is 42.1 Å². The van der Waals surface area contributed by atoms with Crippen molar-refractivity contribution in [2.24, 2.45) is 0 Å². The fourth-order valence-electron chi connectivity index (χ4n) is 4.66. The number of rotatable bonds is 7. The third kappa shape index (κ3) is 4.56. The maximum Gasteiger partial charge on any atom is 0.251 e. The lowest BCUT2D eigenvalue weighted by molar-refractivity contribution is 0.0950. The van der Waals surface area contributed by atoms with Crippen molar-refractivity contribution in [3.63, 3.8) is 0 Å². The molecule has 1 aliphatic heterocycles. The largest absolute Gasteiger partial charge is 0.376 e. The summed E-state index contributed by atoms with van der Waals surface area (Å²) >= 11 is 0. The molecule has 7 nitrogen and oxygen atoms in total. The number of carbonyl (C=O) groups excluding carboxylic acids is 1. The monoisotopic (exact) mass is 485 g/mol. The van der Waals surface area contributed by atoms with Crippen LogP contribution < -0.4 is 10.6 Å². The first-order chi connectivity index (χ1) is 17.5. The molecule has 1 saturated heterocycles. The number of imidazole rings is 1. The fraction of sp³-hybridized carbons (Fsp3) is 0.321. The van der Waals surface area contributed by atoms with Crippen molar-refractivity contribution in [3.8, 4) is 22.5 Å². The zero-order chi connectivity index (χ0) is 24.6. The molecule has 1 unspecified atom stereocenters. The predicted octanol–water partition coefficient (Wildman–Crippen LogP) is 4.99. The highest BCUT2D eigenvalue weighted by molar-refractivity contribution is 5.96. The highest BCUT2D eigenvalue weighted by Gasteiger charge is 2.25. The summed E-state index contributed by atoms with van der Waals surface area (Å²) in [5, 5.41) is 6.49. The van der Waals surface area contributed by atoms with Crippen LogP contribution in [-0.4, -0.2) is 45.6 Å². The molecular formula is C28H28FN5O2. The molecule has 1 saturated carbocycles. The summed E-state index contributed by atoms with van der Waals surface area (Å²) in [4.78, 5) is 22.1. The SMILES string of the molecule is Cc1cc(-c2cnc3c(NCC4CCCO4)nc(-c4ccc(F)cc4)cn23)ccc1C(=O)NC1CC1. The van der Waals surface area contributed by atoms with Crippen LogP contribution in [0, 0.1) is 12.7 Å². The van der Waals surface area contributed by atoms with E-state index in [0.29, 0.717) is 35.3 Å². The van der Waals surface area contributed by atoms with E-state index in [1.54, 1.807) is 12.1 Å². The number of nitrogens with one attached hydrogen (secondary N) is 2. The minimum Gasteiger partial charge on any atom is -0.376 e. The molecule has 2 N–H and O–H groups in total. The van der Waals surface area contributed by atoms with Crippen LogP contribution in [-0.2, 0) is 4.74 Å². The van der Waals surface area contributed by atoms with Gasteiger partial charge in [-0.15, -0.1) is 0 Å². The van der Waals surface area contributed by atoms with Gasteiger partial charge >= 0.3 is 0 Å². The molecule has 2 aromatic carbocycles. The van der Waals surface area contributed by atoms with Crippen LogP contribution in [0.3, 0.4) is 0 Å². The van der Waals surface area contributed by atoms with Crippen LogP contribution in [0.4, 0.5) is 10.2 Å². The van der Waals surface area contributed by atoms with E-state index in [1.165, 1.54) is 12.1 Å². The minimum atomic E-state index is -0.291. The number of hydrogen-bond donors (Lipinski definition) is 2. The quantitative estimate of drug-likeness (QED) is 0.385. The highest BCUT2D eigenvalue weighted by Crippen LogP contribution is 2.29. The number of carbonyl (C=O) groups is 1. The van der Waals surface area contributed by atoms with Crippen molar-refractivity contribution in [1.82, 2.24) is 19.7 Å². The van der Waals surface area contributed by atoms with E-state index in [0.717, 1.165) is 54.7 Å². The van der Waals surface area contributed by atoms with Crippen LogP contribution in [0.1, 0.15) is 41.6 Å². The summed E-state index contributed by atoms with van der Waals surface area (Å²) in [7, 11) is 0. The summed E-state index contributed by atoms with van der Waals surface area (Å²) in [5.74, 6) is 0.333. The molecule has 3 heterocycles. The Morgan fingerprint density at radius 3 is 2.67 bits per heavy atom. The Labute approximate surface area is 208 Å². The second-order valence-electron chi connectivity index (χ2n) is 9.61. The Morgan fingerprint density at radius 2 is 1.94 bits per heavy atom. The maximum absolute atomic E-state index is 13.6. The molecule has 1 aliphatic carbocycles. The Morgan fingerprint density at radius 1 is 1.14 bits per heavy atom. The summed E-state index contributed by atoms with van der Waals surface area (Å²) in [5.41, 5.74) is 5.63. The fourth-order valence-corrected chi connectivity index (χ4v) is 4.66. The molecule has 1 atom stereocenters. The zero-order valence-corrected chi connectivity index (χ0v) is 20.1. The van der Waals surface area contributed by atoms with E-state index in [-0.39, 0.29) is 17.8 Å². The maximum atomic E-state index is 13.6. The average molecular weight is 486 g/mol. The van der Waals surface area contributed by atoms with Gasteiger partial charge in [-0.1, -0.05) is 6.07 Å². The van der Waals surface area contributed by atoms with Gasteiger partial charge in [0.25, 0.3) is 5.91 Å². The number of aromatic nitrogens is 3. The van der Waals surface area contributed by atoms with Gasteiger partial charge in [-0.2, -0.15) is 0 Å². The molecular weight excluding hydrogens is 457 g/mol. The normalized spacial score (nSPS) is 17.4. The smallest absolute Gasteiger partial charge is 0.251 e. The Bertz CT molecular complexity index is 1420. The summed E-state index contributed by atoms with van der Waals surface area (Å²) in [6.07, 6.45) is 8.07. The van der Waals surface area contributed by atoms with Crippen LogP contribution in [0.5, 0.6) is 0 Å². The van der Waals surface area contributed by atoms with Crippen molar-refractivity contribution in [3.05, 3.63) is 71.8 Å². The van der Waals surface area contributed by atoms with Crippen molar-refractivity contribution in [2.45, 2.75) is 44.8 Å². The highest BCUT2D eigenvalue weighted by atomic mass is 19.1. The van der Waals surface area contributed by atoms with Gasteiger partial charge in [0.1, 0.15) is 5.82 Å². The number of amides is 1. The molecule has 0 radical (unpaired) electrons. The molecule has 4 aromatic rings. The number of benzene rings is 2. The lowest BCUT2D eigenvalue weighted by atomic mass is 10.0. The molecule has 1 amide bonds. The first-order valence-electron chi connectivity index (χ1n) is 12.5. The molecule has 36 heavy (non-hydrogen) atoms. The van der Waals surface area contributed by atoms with Gasteiger partial charge in [-0.25, -0.2) is 14.4 Å². The zero-order valence-electron chi connectivity index (χ0n) is 20.1. The van der Waals surface area contributed by atoms with Crippen molar-refractivity contribution < 1.29 is 13.9 Å². The number of anilines is 1. The van der Waals surface area contributed by atoms with Gasteiger partial charge in [0.05, 0.1) is 23.7 Å². The Balaban J connectivity index is 1.39. The number of ether oxygens (including phenoxy) is 1. The summed E-state index contributed by atoms with van der Waals surface area (Å²) in [6.45, 7) is 3.38. The lowest BCUT2D eigenvalue weighted by Crippen LogP contribution is -2.26. The van der Waals surface area contributed by atoms with Gasteiger partial charge in [0.2, 0.25) is 0 Å². The number of fused-ring (bicyclic) bond motifs is 1. The van der Waals surface area contributed by atoms with E-state index < -0.39 is 0 Å². The number of hydrogen-bond acceptors (Lipinski definition) is 5. The number of aryl methyl sites for hydroxylation is 1. The summed E-state index contributed by atoms with van der Waals surface area (Å²) in [6, 6.07) is 12.5. The van der Waals surface area contributed by atoms with E-state index in [9.17, 15) is 9.18 Å². The van der Waals surface area contributed by atoms with E-state index in [1.807, 2.05) is 41.9 Å². The van der Waals surface area contributed by atoms with Crippen molar-refractivity contribution in [1.29, 1.82) is 0 Å². The Kier molecular flexibility index (Phi) is 5.89. The van der Waals surface area contributed by atoms with Crippen LogP contribution >= 0.6 is 0 Å². The molecule has 0 spiro atoms. The van der Waals surface area contributed by atoms with Gasteiger partial charge in [-0.05, 0) is 74.6 Å². The molecule has 0 bridgehead atoms. The lowest BCUT2D eigenvalue weighted by Gasteiger charge is -2.14. The summed E-state index contributed by atoms with van der Waals surface area (Å²) < 4.78 is 21.3. The van der Waals surface area contributed by atoms with Gasteiger partial charge in [0.15, 0.2) is 11.5 Å². The second kappa shape index (κ2) is 9.35. The van der Waals surface area contributed by atoms with E-state index >= 15 is 0 Å². The van der Waals surface area contributed by atoms with Gasteiger partial charge < -0.3 is 15.4 Å². The third-order valence-electron chi connectivity index (χ3n) is 6.83. The third-order valence-corrected chi connectivity index (χ3v) is 6.83. The van der Waals surface area contributed by atoms with Crippen LogP contribution in [0.15, 0.2) is 54.9 Å². The molecule has 184 valence electrons. The molecule has 6 rings (SSSR count). The van der Waals surface area contributed by atoms with Crippen LogP contribution in [0.2, 0.25) is 0 Å². The molecule has 2 aromatic heterocycles. The number of nitrogens with zero attached hydrogens (tertiary/aromatic N) is 3. The minimum absolute atomic E-state index is 0.0249. The van der Waals surface area contributed by atoms with Crippen molar-refractivity contribution in [2.75, 3.05) is 18.5 Å². The predicted molar refractivity (Wildman–Crippen MR) is 137 cm³/mol. The van der Waals surface area contributed by atoms with E-state index in [4.69, 9.17) is 9.72 Å². The first kappa shape index (κ1) is 22.7. The topological polar surface area (TPSA) is 80.6 Å². The first-order valence-corrected chi connectivity index (χ1v) is 12.5. The standard InChI is InChI=1S/C28H28FN5O2/c1-17-13-19(6-11-23(17)28(35)32-21-9-10-21)25-15-31-27-26(30-14-22-3-2-12-36-22)33-24(16-34(25)27)18-4-7-20(29)8-5-18/h4-8,11,13,15-16,21-22H,2-3,9-10,12,14H2,1H3,(H,30,33)(H,32,35). The van der Waals surface area contributed by atoms with E-state index in [2.05, 4.69) is 15.6 Å².